The highest BCUT2D eigenvalue weighted by Crippen LogP contribution is 2.25. The lowest BCUT2D eigenvalue weighted by Crippen LogP contribution is -1.99. The Bertz CT molecular complexity index is 545. The summed E-state index contributed by atoms with van der Waals surface area (Å²) in [4.78, 5) is 7.64. The van der Waals surface area contributed by atoms with Gasteiger partial charge in [0.15, 0.2) is 0 Å². The van der Waals surface area contributed by atoms with Gasteiger partial charge < -0.3 is 11.1 Å². The molecule has 0 atom stereocenters. The van der Waals surface area contributed by atoms with Gasteiger partial charge in [0.2, 0.25) is 0 Å². The van der Waals surface area contributed by atoms with Gasteiger partial charge in [-0.2, -0.15) is 0 Å². The number of nitrogens with one attached hydrogen (secondary N) is 1. The topological polar surface area (TPSA) is 63.8 Å². The molecule has 0 aliphatic heterocycles. The summed E-state index contributed by atoms with van der Waals surface area (Å²) >= 11 is 2.89. The Hall–Kier alpha value is -1.76. The third kappa shape index (κ3) is 2.68. The lowest BCUT2D eigenvalue weighted by Gasteiger charge is -2.07. The highest BCUT2D eigenvalue weighted by atomic mass is 79.9. The van der Waals surface area contributed by atoms with Crippen LogP contribution in [0.25, 0.3) is 0 Å². The van der Waals surface area contributed by atoms with E-state index in [0.717, 1.165) is 12.1 Å². The van der Waals surface area contributed by atoms with Crippen LogP contribution in [0.5, 0.6) is 0 Å². The van der Waals surface area contributed by atoms with Gasteiger partial charge in [-0.15, -0.1) is 0 Å². The fourth-order valence-electron chi connectivity index (χ4n) is 1.16. The van der Waals surface area contributed by atoms with E-state index < -0.39 is 11.6 Å². The molecule has 0 bridgehead atoms. The molecule has 2 aromatic rings. The maximum absolute atomic E-state index is 13.5. The minimum Gasteiger partial charge on any atom is -0.382 e. The third-order valence-corrected chi connectivity index (χ3v) is 2.55. The van der Waals surface area contributed by atoms with E-state index in [1.54, 1.807) is 0 Å². The highest BCUT2D eigenvalue weighted by molar-refractivity contribution is 9.10. The summed E-state index contributed by atoms with van der Waals surface area (Å²) in [6, 6.07) is 2.06. The molecule has 0 aliphatic carbocycles. The Morgan fingerprint density at radius 3 is 2.53 bits per heavy atom. The number of halogens is 3. The van der Waals surface area contributed by atoms with Crippen molar-refractivity contribution in [3.63, 3.8) is 0 Å². The molecule has 7 heteroatoms. The molecule has 1 heterocycles. The minimum atomic E-state index is -0.600. The van der Waals surface area contributed by atoms with Crippen molar-refractivity contribution >= 4 is 33.3 Å². The third-order valence-electron chi connectivity index (χ3n) is 1.94. The molecule has 0 saturated heterocycles. The molecule has 0 aliphatic rings. The number of rotatable bonds is 2. The summed E-state index contributed by atoms with van der Waals surface area (Å²) in [5.41, 5.74) is 5.33. The van der Waals surface area contributed by atoms with Crippen molar-refractivity contribution in [1.29, 1.82) is 0 Å². The van der Waals surface area contributed by atoms with Crippen molar-refractivity contribution in [3.05, 3.63) is 40.6 Å². The molecule has 2 rings (SSSR count). The van der Waals surface area contributed by atoms with Crippen LogP contribution in [0, 0.1) is 11.6 Å². The molecule has 3 N–H and O–H groups in total. The Labute approximate surface area is 104 Å². The molecule has 0 unspecified atom stereocenters. The van der Waals surface area contributed by atoms with Crippen LogP contribution in [0.4, 0.5) is 26.1 Å². The molecular weight excluding hydrogens is 294 g/mol. The number of anilines is 3. The van der Waals surface area contributed by atoms with Crippen LogP contribution in [0.2, 0.25) is 0 Å². The second-order valence-electron chi connectivity index (χ2n) is 3.20. The fourth-order valence-corrected chi connectivity index (χ4v) is 1.47. The summed E-state index contributed by atoms with van der Waals surface area (Å²) in [5, 5.41) is 2.60. The van der Waals surface area contributed by atoms with Gasteiger partial charge in [-0.05, 0) is 22.0 Å². The number of hydrogen-bond donors (Lipinski definition) is 2. The molecule has 0 amide bonds. The molecule has 0 radical (unpaired) electrons. The maximum Gasteiger partial charge on any atom is 0.149 e. The monoisotopic (exact) mass is 300 g/mol. The second kappa shape index (κ2) is 4.62. The number of nitrogens with two attached hydrogens (primary N) is 1. The summed E-state index contributed by atoms with van der Waals surface area (Å²) in [5.74, 6) is -0.646. The minimum absolute atomic E-state index is 0.0234. The fraction of sp³-hybridized carbons (Fsp3) is 0. The number of aromatic nitrogens is 2. The van der Waals surface area contributed by atoms with E-state index in [2.05, 4.69) is 31.2 Å². The standard InChI is InChI=1S/C10H7BrF2N4/c11-5-1-7(13)8(2-6(5)12)17-10-4-15-9(14)3-16-10/h1-4H,(H2,14,15)(H,16,17). The van der Waals surface area contributed by atoms with Crippen LogP contribution >= 0.6 is 15.9 Å². The van der Waals surface area contributed by atoms with Gasteiger partial charge in [0.25, 0.3) is 0 Å². The van der Waals surface area contributed by atoms with E-state index in [1.807, 2.05) is 0 Å². The molecule has 17 heavy (non-hydrogen) atoms. The van der Waals surface area contributed by atoms with E-state index in [4.69, 9.17) is 5.73 Å². The molecule has 88 valence electrons. The quantitative estimate of drug-likeness (QED) is 0.837. The molecule has 0 saturated carbocycles. The summed E-state index contributed by atoms with van der Waals surface area (Å²) in [6.07, 6.45) is 2.64. The Kier molecular flexibility index (Phi) is 3.19. The van der Waals surface area contributed by atoms with Crippen LogP contribution in [0.1, 0.15) is 0 Å². The smallest absolute Gasteiger partial charge is 0.149 e. The summed E-state index contributed by atoms with van der Waals surface area (Å²) < 4.78 is 26.7. The Morgan fingerprint density at radius 1 is 1.12 bits per heavy atom. The van der Waals surface area contributed by atoms with Gasteiger partial charge in [0, 0.05) is 6.07 Å². The van der Waals surface area contributed by atoms with Gasteiger partial charge in [-0.1, -0.05) is 0 Å². The van der Waals surface area contributed by atoms with Crippen molar-refractivity contribution < 1.29 is 8.78 Å². The zero-order chi connectivity index (χ0) is 12.4. The van der Waals surface area contributed by atoms with Crippen molar-refractivity contribution in [2.45, 2.75) is 0 Å². The SMILES string of the molecule is Nc1cnc(Nc2cc(F)c(Br)cc2F)cn1. The molecule has 0 spiro atoms. The van der Waals surface area contributed by atoms with Gasteiger partial charge in [0.1, 0.15) is 23.3 Å². The van der Waals surface area contributed by atoms with Gasteiger partial charge in [0.05, 0.1) is 22.6 Å². The largest absolute Gasteiger partial charge is 0.382 e. The number of nitrogen functional groups attached to an aromatic ring is 1. The van der Waals surface area contributed by atoms with Crippen LogP contribution in [-0.2, 0) is 0 Å². The van der Waals surface area contributed by atoms with E-state index in [0.29, 0.717) is 0 Å². The summed E-state index contributed by atoms with van der Waals surface area (Å²) in [6.45, 7) is 0. The summed E-state index contributed by atoms with van der Waals surface area (Å²) in [7, 11) is 0. The highest BCUT2D eigenvalue weighted by Gasteiger charge is 2.08. The van der Waals surface area contributed by atoms with Gasteiger partial charge in [-0.3, -0.25) is 0 Å². The average molecular weight is 301 g/mol. The Balaban J connectivity index is 2.30. The predicted octanol–water partition coefficient (Wildman–Crippen LogP) is 2.84. The average Bonchev–Trinajstić information content (AvgIpc) is 2.29. The zero-order valence-corrected chi connectivity index (χ0v) is 10.0. The normalized spacial score (nSPS) is 10.3. The van der Waals surface area contributed by atoms with E-state index in [9.17, 15) is 8.78 Å². The molecule has 4 nitrogen and oxygen atoms in total. The van der Waals surface area contributed by atoms with Crippen LogP contribution in [0.15, 0.2) is 29.0 Å². The van der Waals surface area contributed by atoms with E-state index >= 15 is 0 Å². The van der Waals surface area contributed by atoms with Crippen molar-refractivity contribution in [1.82, 2.24) is 9.97 Å². The number of benzene rings is 1. The van der Waals surface area contributed by atoms with E-state index in [-0.39, 0.29) is 21.8 Å². The van der Waals surface area contributed by atoms with Crippen LogP contribution in [-0.4, -0.2) is 9.97 Å². The molecular formula is C10H7BrF2N4. The lowest BCUT2D eigenvalue weighted by molar-refractivity contribution is 0.597. The van der Waals surface area contributed by atoms with Crippen molar-refractivity contribution in [2.24, 2.45) is 0 Å². The van der Waals surface area contributed by atoms with Crippen LogP contribution < -0.4 is 11.1 Å². The second-order valence-corrected chi connectivity index (χ2v) is 4.05. The van der Waals surface area contributed by atoms with Crippen molar-refractivity contribution in [3.8, 4) is 0 Å². The Morgan fingerprint density at radius 2 is 1.88 bits per heavy atom. The first kappa shape index (κ1) is 11.7. The molecule has 1 aromatic carbocycles. The number of nitrogens with zero attached hydrogens (tertiary/aromatic N) is 2. The predicted molar refractivity (Wildman–Crippen MR) is 63.8 cm³/mol. The van der Waals surface area contributed by atoms with Gasteiger partial charge >= 0.3 is 0 Å². The first-order valence-corrected chi connectivity index (χ1v) is 5.34. The first-order chi connectivity index (χ1) is 8.06. The van der Waals surface area contributed by atoms with Crippen LogP contribution in [0.3, 0.4) is 0 Å². The van der Waals surface area contributed by atoms with Crippen molar-refractivity contribution in [2.75, 3.05) is 11.1 Å². The maximum atomic E-state index is 13.5. The van der Waals surface area contributed by atoms with E-state index in [1.165, 1.54) is 12.4 Å². The molecule has 1 aromatic heterocycles. The number of hydrogen-bond acceptors (Lipinski definition) is 4. The molecule has 0 fully saturated rings. The van der Waals surface area contributed by atoms with Gasteiger partial charge in [-0.25, -0.2) is 18.7 Å². The first-order valence-electron chi connectivity index (χ1n) is 4.55. The lowest BCUT2D eigenvalue weighted by atomic mass is 10.3. The zero-order valence-electron chi connectivity index (χ0n) is 8.42.